The van der Waals surface area contributed by atoms with Crippen molar-refractivity contribution in [2.45, 2.75) is 23.0 Å². The number of amides is 3. The number of imide groups is 1. The maximum atomic E-state index is 13.2. The van der Waals surface area contributed by atoms with Crippen LogP contribution in [-0.4, -0.2) is 89.0 Å². The van der Waals surface area contributed by atoms with Crippen molar-refractivity contribution in [3.63, 3.8) is 0 Å². The van der Waals surface area contributed by atoms with Gasteiger partial charge in [-0.2, -0.15) is 0 Å². The van der Waals surface area contributed by atoms with Crippen LogP contribution in [0.5, 0.6) is 5.75 Å². The van der Waals surface area contributed by atoms with Crippen molar-refractivity contribution in [1.29, 1.82) is 0 Å². The zero-order valence-corrected chi connectivity index (χ0v) is 24.5. The lowest BCUT2D eigenvalue weighted by Gasteiger charge is -2.30. The molecule has 2 saturated heterocycles. The summed E-state index contributed by atoms with van der Waals surface area (Å²) in [5.41, 5.74) is 1.34. The van der Waals surface area contributed by atoms with Gasteiger partial charge in [0.1, 0.15) is 5.75 Å². The molecule has 11 nitrogen and oxygen atoms in total. The summed E-state index contributed by atoms with van der Waals surface area (Å²) >= 11 is 7.48. The summed E-state index contributed by atoms with van der Waals surface area (Å²) in [5.74, 6) is -0.174. The second kappa shape index (κ2) is 11.9. The lowest BCUT2D eigenvalue weighted by molar-refractivity contribution is 0.0967. The number of aromatic nitrogens is 1. The third kappa shape index (κ3) is 6.03. The highest BCUT2D eigenvalue weighted by Gasteiger charge is 2.31. The highest BCUT2D eigenvalue weighted by molar-refractivity contribution is 7.92. The molecular formula is C26H30ClN5O6S2. The number of fused-ring (bicyclic) bond motifs is 1. The van der Waals surface area contributed by atoms with E-state index < -0.39 is 27.0 Å². The molecule has 214 valence electrons. The van der Waals surface area contributed by atoms with Crippen molar-refractivity contribution in [1.82, 2.24) is 15.2 Å². The molecule has 3 heterocycles. The molecule has 0 aliphatic carbocycles. The number of hydrogen-bond donors (Lipinski definition) is 2. The number of nitrogens with zero attached hydrogens (tertiary/aromatic N) is 3. The van der Waals surface area contributed by atoms with Crippen molar-refractivity contribution < 1.29 is 27.5 Å². The number of sulfone groups is 1. The van der Waals surface area contributed by atoms with Crippen LogP contribution in [0.15, 0.2) is 35.2 Å². The van der Waals surface area contributed by atoms with Crippen LogP contribution in [0.3, 0.4) is 0 Å². The first kappa shape index (κ1) is 28.6. The van der Waals surface area contributed by atoms with Crippen LogP contribution < -0.4 is 20.3 Å². The molecule has 40 heavy (non-hydrogen) atoms. The Bertz CT molecular complexity index is 1530. The van der Waals surface area contributed by atoms with Crippen molar-refractivity contribution >= 4 is 65.7 Å². The zero-order valence-electron chi connectivity index (χ0n) is 22.1. The van der Waals surface area contributed by atoms with Gasteiger partial charge < -0.3 is 19.3 Å². The Labute approximate surface area is 241 Å². The lowest BCUT2D eigenvalue weighted by atomic mass is 10.1. The molecular weight excluding hydrogens is 578 g/mol. The summed E-state index contributed by atoms with van der Waals surface area (Å²) in [4.78, 5) is 34.4. The van der Waals surface area contributed by atoms with Gasteiger partial charge in [-0.05, 0) is 57.2 Å². The fourth-order valence-corrected chi connectivity index (χ4v) is 7.82. The van der Waals surface area contributed by atoms with E-state index in [1.54, 1.807) is 30.3 Å². The smallest absolute Gasteiger partial charge is 0.327 e. The van der Waals surface area contributed by atoms with Gasteiger partial charge >= 0.3 is 6.03 Å². The van der Waals surface area contributed by atoms with Gasteiger partial charge in [0.15, 0.2) is 15.0 Å². The average Bonchev–Trinajstić information content (AvgIpc) is 3.34. The van der Waals surface area contributed by atoms with Crippen LogP contribution in [0.25, 0.3) is 10.2 Å². The molecule has 0 unspecified atom stereocenters. The van der Waals surface area contributed by atoms with E-state index in [4.69, 9.17) is 21.1 Å². The predicted octanol–water partition coefficient (Wildman–Crippen LogP) is 3.62. The van der Waals surface area contributed by atoms with Crippen molar-refractivity contribution in [3.05, 3.63) is 40.9 Å². The van der Waals surface area contributed by atoms with Gasteiger partial charge in [-0.25, -0.2) is 18.2 Å². The minimum Gasteiger partial charge on any atom is -0.495 e. The quantitative estimate of drug-likeness (QED) is 0.431. The number of nitrogens with one attached hydrogen (secondary N) is 2. The molecule has 2 N–H and O–H groups in total. The average molecular weight is 608 g/mol. The summed E-state index contributed by atoms with van der Waals surface area (Å²) in [7, 11) is 0.0244. The number of morpholine rings is 1. The molecule has 0 bridgehead atoms. The molecule has 2 aliphatic heterocycles. The molecule has 2 aromatic carbocycles. The number of carbonyl (C=O) groups is 2. The normalized spacial score (nSPS) is 17.1. The van der Waals surface area contributed by atoms with Crippen LogP contribution in [0, 0.1) is 0 Å². The summed E-state index contributed by atoms with van der Waals surface area (Å²) in [6.45, 7) is 3.82. The first-order valence-electron chi connectivity index (χ1n) is 12.8. The van der Waals surface area contributed by atoms with Crippen LogP contribution >= 0.6 is 22.9 Å². The van der Waals surface area contributed by atoms with Crippen LogP contribution in [-0.2, 0) is 14.6 Å². The van der Waals surface area contributed by atoms with Crippen molar-refractivity contribution in [2.24, 2.45) is 0 Å². The van der Waals surface area contributed by atoms with Crippen LogP contribution in [0.2, 0.25) is 5.02 Å². The Balaban J connectivity index is 1.29. The van der Waals surface area contributed by atoms with Gasteiger partial charge in [0.25, 0.3) is 5.91 Å². The van der Waals surface area contributed by atoms with E-state index in [9.17, 15) is 18.0 Å². The summed E-state index contributed by atoms with van der Waals surface area (Å²) in [5, 5.41) is 4.80. The predicted molar refractivity (Wildman–Crippen MR) is 155 cm³/mol. The molecule has 3 amide bonds. The second-order valence-corrected chi connectivity index (χ2v) is 13.4. The second-order valence-electron chi connectivity index (χ2n) is 9.71. The molecule has 14 heteroatoms. The van der Waals surface area contributed by atoms with Gasteiger partial charge in [0, 0.05) is 19.2 Å². The van der Waals surface area contributed by atoms with Crippen LogP contribution in [0.4, 0.5) is 15.6 Å². The first-order chi connectivity index (χ1) is 19.2. The molecule has 1 aromatic heterocycles. The van der Waals surface area contributed by atoms with E-state index in [1.165, 1.54) is 7.11 Å². The van der Waals surface area contributed by atoms with Crippen molar-refractivity contribution in [2.75, 3.05) is 63.8 Å². The van der Waals surface area contributed by atoms with Gasteiger partial charge in [0.05, 0.1) is 57.0 Å². The topological polar surface area (TPSA) is 130 Å². The number of benzene rings is 2. The summed E-state index contributed by atoms with van der Waals surface area (Å²) < 4.78 is 37.8. The zero-order chi connectivity index (χ0) is 28.4. The molecule has 5 rings (SSSR count). The number of methoxy groups -OCH3 is 1. The number of urea groups is 1. The van der Waals surface area contributed by atoms with Crippen molar-refractivity contribution in [3.8, 4) is 5.75 Å². The molecule has 0 spiro atoms. The van der Waals surface area contributed by atoms with Gasteiger partial charge in [-0.3, -0.25) is 15.4 Å². The number of thiazole rings is 1. The Hall–Kier alpha value is -2.97. The number of piperidine rings is 1. The number of hydrogen-bond acceptors (Lipinski definition) is 10. The Morgan fingerprint density at radius 3 is 2.55 bits per heavy atom. The Kier molecular flexibility index (Phi) is 8.47. The molecule has 0 saturated carbocycles. The van der Waals surface area contributed by atoms with E-state index in [0.29, 0.717) is 60.8 Å². The fourth-order valence-electron chi connectivity index (χ4n) is 4.85. The van der Waals surface area contributed by atoms with Crippen LogP contribution in [0.1, 0.15) is 23.2 Å². The van der Waals surface area contributed by atoms with E-state index in [1.807, 2.05) is 11.9 Å². The fraction of sp³-hybridized carbons (Fsp3) is 0.423. The Morgan fingerprint density at radius 2 is 1.85 bits per heavy atom. The van der Waals surface area contributed by atoms with E-state index in [-0.39, 0.29) is 20.6 Å². The number of likely N-dealkylation sites (tertiary alicyclic amines) is 1. The number of rotatable bonds is 6. The largest absolute Gasteiger partial charge is 0.495 e. The minimum atomic E-state index is -3.48. The highest BCUT2D eigenvalue weighted by Crippen LogP contribution is 2.35. The summed E-state index contributed by atoms with van der Waals surface area (Å²) in [6, 6.07) is 7.14. The lowest BCUT2D eigenvalue weighted by Crippen LogP contribution is -2.37. The number of anilines is 2. The van der Waals surface area contributed by atoms with Gasteiger partial charge in [-0.1, -0.05) is 22.9 Å². The number of carbonyl (C=O) groups excluding carboxylic acids is 2. The monoisotopic (exact) mass is 607 g/mol. The SMILES string of the molecule is COc1cc(Cl)c(C(=O)NC(=O)Nc2nc3ccc(S(=O)(=O)C4CCN(C)CC4)cc3s2)cc1N1CCOCC1. The molecule has 0 radical (unpaired) electrons. The molecule has 2 aliphatic rings. The maximum absolute atomic E-state index is 13.2. The minimum absolute atomic E-state index is 0.118. The van der Waals surface area contributed by atoms with E-state index in [0.717, 1.165) is 24.4 Å². The molecule has 2 fully saturated rings. The standard InChI is InChI=1S/C26H30ClN5O6S2/c1-31-7-5-16(6-8-31)40(35,36)17-3-4-20-23(13-17)39-26(28-20)30-25(34)29-24(33)18-14-21(22(37-2)15-19(18)27)32-9-11-38-12-10-32/h3-4,13-16H,5-12H2,1-2H3,(H2,28,29,30,33,34). The maximum Gasteiger partial charge on any atom is 0.327 e. The van der Waals surface area contributed by atoms with E-state index >= 15 is 0 Å². The van der Waals surface area contributed by atoms with E-state index in [2.05, 4.69) is 20.5 Å². The first-order valence-corrected chi connectivity index (χ1v) is 15.6. The van der Waals surface area contributed by atoms with Gasteiger partial charge in [0.2, 0.25) is 0 Å². The third-order valence-electron chi connectivity index (χ3n) is 7.11. The van der Waals surface area contributed by atoms with Gasteiger partial charge in [-0.15, -0.1) is 0 Å². The number of halogens is 1. The third-order valence-corrected chi connectivity index (χ3v) is 10.6. The molecule has 0 atom stereocenters. The Morgan fingerprint density at radius 1 is 1.12 bits per heavy atom. The molecule has 3 aromatic rings. The summed E-state index contributed by atoms with van der Waals surface area (Å²) in [6.07, 6.45) is 1.18. The highest BCUT2D eigenvalue weighted by atomic mass is 35.5. The number of ether oxygens (including phenoxy) is 2.